The molecule has 1 N–H and O–H groups in total. The molecule has 4 rings (SSSR count). The van der Waals surface area contributed by atoms with Crippen molar-refractivity contribution in [3.8, 4) is 0 Å². The summed E-state index contributed by atoms with van der Waals surface area (Å²) < 4.78 is 42.1. The van der Waals surface area contributed by atoms with Crippen molar-refractivity contribution in [2.75, 3.05) is 56.2 Å². The molecule has 35 heavy (non-hydrogen) atoms. The number of halogens is 2. The molecule has 2 saturated heterocycles. The second-order valence-corrected chi connectivity index (χ2v) is 8.33. The third-order valence-electron chi connectivity index (χ3n) is 5.51. The molecule has 3 heterocycles. The number of methoxy groups -OCH3 is 1. The van der Waals surface area contributed by atoms with E-state index < -0.39 is 23.8 Å². The quantitative estimate of drug-likeness (QED) is 0.587. The highest BCUT2D eigenvalue weighted by atomic mass is 32.1. The molecule has 10 nitrogen and oxygen atoms in total. The Hall–Kier alpha value is -3.03. The molecule has 2 fully saturated rings. The minimum absolute atomic E-state index is 0. The Labute approximate surface area is 208 Å². The van der Waals surface area contributed by atoms with Crippen LogP contribution in [0.4, 0.5) is 25.0 Å². The summed E-state index contributed by atoms with van der Waals surface area (Å²) >= 11 is 4.90. The standard InChI is InChI=1S/C21H26F2N6O4S.CH4/c1-26-10-14(25-13-26)11-28-4-3-27(5-6-32-28)19-17(22)7-15(8-18(19)23)29-12-16(33-21(29)30)9-24-20(34)31-2;/h7-8,10,13,16H,3-6,9,11-12H2,1-2H3,(H,24,34);1H4/t16-;/m0./s1. The van der Waals surface area contributed by atoms with Crippen LogP contribution in [0.5, 0.6) is 0 Å². The zero-order valence-electron chi connectivity index (χ0n) is 18.9. The van der Waals surface area contributed by atoms with Gasteiger partial charge in [0.25, 0.3) is 5.17 Å². The van der Waals surface area contributed by atoms with Gasteiger partial charge >= 0.3 is 6.09 Å². The molecule has 0 unspecified atom stereocenters. The molecule has 192 valence electrons. The predicted octanol–water partition coefficient (Wildman–Crippen LogP) is 2.43. The zero-order chi connectivity index (χ0) is 24.2. The summed E-state index contributed by atoms with van der Waals surface area (Å²) in [5.41, 5.74) is 0.777. The van der Waals surface area contributed by atoms with Crippen molar-refractivity contribution in [1.29, 1.82) is 0 Å². The van der Waals surface area contributed by atoms with Gasteiger partial charge in [0.15, 0.2) is 11.6 Å². The summed E-state index contributed by atoms with van der Waals surface area (Å²) in [6.07, 6.45) is 2.36. The van der Waals surface area contributed by atoms with Crippen molar-refractivity contribution < 1.29 is 27.9 Å². The predicted molar refractivity (Wildman–Crippen MR) is 130 cm³/mol. The number of aromatic nitrogens is 2. The first kappa shape index (κ1) is 26.6. The zero-order valence-corrected chi connectivity index (χ0v) is 19.7. The highest BCUT2D eigenvalue weighted by Crippen LogP contribution is 2.31. The van der Waals surface area contributed by atoms with Crippen molar-refractivity contribution in [1.82, 2.24) is 19.9 Å². The van der Waals surface area contributed by atoms with Crippen LogP contribution in [0, 0.1) is 11.6 Å². The molecule has 2 aliphatic heterocycles. The summed E-state index contributed by atoms with van der Waals surface area (Å²) in [6.45, 7) is 2.19. The number of imidazole rings is 1. The van der Waals surface area contributed by atoms with Gasteiger partial charge in [-0.1, -0.05) is 7.43 Å². The lowest BCUT2D eigenvalue weighted by molar-refractivity contribution is -0.155. The molecule has 2 aliphatic rings. The van der Waals surface area contributed by atoms with Gasteiger partial charge in [0.1, 0.15) is 11.8 Å². The monoisotopic (exact) mass is 512 g/mol. The van der Waals surface area contributed by atoms with Crippen LogP contribution in [0.2, 0.25) is 0 Å². The maximum atomic E-state index is 15.1. The minimum Gasteiger partial charge on any atom is -0.474 e. The number of aryl methyl sites for hydroxylation is 1. The van der Waals surface area contributed by atoms with E-state index in [9.17, 15) is 4.79 Å². The maximum Gasteiger partial charge on any atom is 0.414 e. The Bertz CT molecular complexity index is 1030. The first-order valence-electron chi connectivity index (χ1n) is 10.7. The number of nitrogens with one attached hydrogen (secondary N) is 1. The molecule has 1 aromatic heterocycles. The molecule has 1 amide bonds. The van der Waals surface area contributed by atoms with Crippen LogP contribution in [0.3, 0.4) is 0 Å². The molecular weight excluding hydrogens is 482 g/mol. The first-order valence-corrected chi connectivity index (χ1v) is 11.1. The van der Waals surface area contributed by atoms with E-state index in [1.165, 1.54) is 12.0 Å². The van der Waals surface area contributed by atoms with Crippen molar-refractivity contribution in [3.63, 3.8) is 0 Å². The van der Waals surface area contributed by atoms with E-state index in [1.807, 2.05) is 17.8 Å². The molecule has 0 spiro atoms. The van der Waals surface area contributed by atoms with E-state index in [0.717, 1.165) is 17.8 Å². The smallest absolute Gasteiger partial charge is 0.414 e. The largest absolute Gasteiger partial charge is 0.474 e. The van der Waals surface area contributed by atoms with Gasteiger partial charge in [-0.25, -0.2) is 18.6 Å². The number of carbonyl (C=O) groups excluding carboxylic acids is 1. The molecule has 1 aromatic carbocycles. The van der Waals surface area contributed by atoms with Gasteiger partial charge < -0.3 is 24.3 Å². The average molecular weight is 513 g/mol. The Morgan fingerprint density at radius 2 is 2.03 bits per heavy atom. The van der Waals surface area contributed by atoms with Gasteiger partial charge in [-0.15, -0.1) is 0 Å². The number of hydroxylamine groups is 2. The van der Waals surface area contributed by atoms with Gasteiger partial charge in [-0.05, 0) is 12.2 Å². The summed E-state index contributed by atoms with van der Waals surface area (Å²) in [5.74, 6) is -1.52. The number of rotatable bonds is 6. The summed E-state index contributed by atoms with van der Waals surface area (Å²) in [6, 6.07) is 2.29. The van der Waals surface area contributed by atoms with Gasteiger partial charge in [0.05, 0.1) is 51.1 Å². The van der Waals surface area contributed by atoms with Crippen LogP contribution in [-0.4, -0.2) is 78.4 Å². The number of thiocarbonyl (C=S) groups is 1. The summed E-state index contributed by atoms with van der Waals surface area (Å²) in [4.78, 5) is 25.1. The SMILES string of the molecule is C.COC(=S)NC[C@H]1CN(c2cc(F)c(N3CCON(Cc4cn(C)cn4)CC3)c(F)c2)C(=O)O1. The molecular formula is C22H30F2N6O4S. The van der Waals surface area contributed by atoms with E-state index in [2.05, 4.69) is 10.3 Å². The van der Waals surface area contributed by atoms with E-state index in [1.54, 1.807) is 16.3 Å². The lowest BCUT2D eigenvalue weighted by Crippen LogP contribution is -2.34. The van der Waals surface area contributed by atoms with Gasteiger partial charge in [-0.3, -0.25) is 9.74 Å². The Morgan fingerprint density at radius 1 is 1.29 bits per heavy atom. The Kier molecular flexibility index (Phi) is 8.81. The van der Waals surface area contributed by atoms with Crippen LogP contribution < -0.4 is 15.1 Å². The highest BCUT2D eigenvalue weighted by molar-refractivity contribution is 7.80. The maximum absolute atomic E-state index is 15.1. The third-order valence-corrected chi connectivity index (χ3v) is 5.83. The number of ether oxygens (including phenoxy) is 2. The number of hydrogen-bond acceptors (Lipinski definition) is 8. The molecule has 0 saturated carbocycles. The lowest BCUT2D eigenvalue weighted by atomic mass is 10.2. The lowest BCUT2D eigenvalue weighted by Gasteiger charge is -2.24. The van der Waals surface area contributed by atoms with Crippen LogP contribution in [0.1, 0.15) is 13.1 Å². The molecule has 13 heteroatoms. The minimum atomic E-state index is -0.761. The third kappa shape index (κ3) is 6.35. The van der Waals surface area contributed by atoms with Crippen molar-refractivity contribution in [3.05, 3.63) is 42.0 Å². The number of benzene rings is 1. The average Bonchev–Trinajstić information content (AvgIpc) is 3.30. The fourth-order valence-corrected chi connectivity index (χ4v) is 3.97. The van der Waals surface area contributed by atoms with Crippen LogP contribution in [0.15, 0.2) is 24.7 Å². The fourth-order valence-electron chi connectivity index (χ4n) is 3.88. The molecule has 0 aliphatic carbocycles. The molecule has 2 aromatic rings. The Balaban J connectivity index is 0.00000342. The topological polar surface area (TPSA) is 84.3 Å². The number of carbonyl (C=O) groups is 1. The fraction of sp³-hybridized carbons (Fsp3) is 0.500. The number of anilines is 2. The number of nitrogens with zero attached hydrogens (tertiary/aromatic N) is 5. The van der Waals surface area contributed by atoms with Crippen LogP contribution in [0.25, 0.3) is 0 Å². The molecule has 1 atom stereocenters. The molecule has 0 bridgehead atoms. The normalized spacial score (nSPS) is 18.6. The van der Waals surface area contributed by atoms with E-state index >= 15 is 8.78 Å². The number of hydrogen-bond donors (Lipinski definition) is 1. The van der Waals surface area contributed by atoms with E-state index in [4.69, 9.17) is 26.5 Å². The first-order chi connectivity index (χ1) is 16.3. The summed E-state index contributed by atoms with van der Waals surface area (Å²) in [7, 11) is 3.30. The second-order valence-electron chi connectivity index (χ2n) is 7.96. The van der Waals surface area contributed by atoms with Gasteiger partial charge in [0, 0.05) is 45.0 Å². The van der Waals surface area contributed by atoms with Gasteiger partial charge in [0.2, 0.25) is 0 Å². The Morgan fingerprint density at radius 3 is 2.69 bits per heavy atom. The summed E-state index contributed by atoms with van der Waals surface area (Å²) in [5, 5.41) is 4.69. The van der Waals surface area contributed by atoms with Crippen molar-refractivity contribution >= 4 is 34.9 Å². The van der Waals surface area contributed by atoms with E-state index in [0.29, 0.717) is 26.2 Å². The number of cyclic esters (lactones) is 1. The van der Waals surface area contributed by atoms with Gasteiger partial charge in [-0.2, -0.15) is 5.06 Å². The molecule has 0 radical (unpaired) electrons. The highest BCUT2D eigenvalue weighted by Gasteiger charge is 2.34. The van der Waals surface area contributed by atoms with Crippen LogP contribution >= 0.6 is 12.2 Å². The van der Waals surface area contributed by atoms with Crippen molar-refractivity contribution in [2.45, 2.75) is 20.1 Å². The number of amides is 1. The van der Waals surface area contributed by atoms with Crippen molar-refractivity contribution in [2.24, 2.45) is 7.05 Å². The second kappa shape index (κ2) is 11.6. The van der Waals surface area contributed by atoms with Crippen LogP contribution in [-0.2, 0) is 27.9 Å². The van der Waals surface area contributed by atoms with E-state index in [-0.39, 0.29) is 43.7 Å².